The van der Waals surface area contributed by atoms with Crippen LogP contribution in [0.15, 0.2) is 65.7 Å². The Labute approximate surface area is 186 Å². The van der Waals surface area contributed by atoms with Gasteiger partial charge in [-0.15, -0.1) is 0 Å². The number of nitrogens with zero attached hydrogens (tertiary/aromatic N) is 3. The molecule has 0 bridgehead atoms. The van der Waals surface area contributed by atoms with Crippen molar-refractivity contribution in [2.24, 2.45) is 0 Å². The summed E-state index contributed by atoms with van der Waals surface area (Å²) in [6, 6.07) is 13.7. The maximum atomic E-state index is 13.6. The Bertz CT molecular complexity index is 1330. The number of anilines is 1. The van der Waals surface area contributed by atoms with E-state index in [1.165, 1.54) is 17.9 Å². The predicted octanol–water partition coefficient (Wildman–Crippen LogP) is 4.44. The normalized spacial score (nSPS) is 11.4. The highest BCUT2D eigenvalue weighted by molar-refractivity contribution is 5.93. The van der Waals surface area contributed by atoms with E-state index in [1.807, 2.05) is 0 Å². The zero-order chi connectivity index (χ0) is 23.6. The molecule has 4 rings (SSSR count). The molecule has 0 radical (unpaired) electrons. The van der Waals surface area contributed by atoms with Crippen molar-refractivity contribution in [2.75, 3.05) is 26.1 Å². The van der Waals surface area contributed by atoms with Crippen LogP contribution in [-0.4, -0.2) is 41.5 Å². The van der Waals surface area contributed by atoms with Gasteiger partial charge in [0.1, 0.15) is 18.0 Å². The second-order valence-electron chi connectivity index (χ2n) is 7.07. The van der Waals surface area contributed by atoms with Crippen molar-refractivity contribution in [1.82, 2.24) is 14.5 Å². The van der Waals surface area contributed by atoms with Crippen molar-refractivity contribution in [3.8, 4) is 28.3 Å². The van der Waals surface area contributed by atoms with Crippen molar-refractivity contribution in [1.29, 1.82) is 0 Å². The highest BCUT2D eigenvalue weighted by Gasteiger charge is 2.27. The van der Waals surface area contributed by atoms with Gasteiger partial charge in [0.05, 0.1) is 25.3 Å². The Balaban J connectivity index is 1.92. The minimum atomic E-state index is -4.44. The van der Waals surface area contributed by atoms with Crippen LogP contribution in [0.25, 0.3) is 27.7 Å². The maximum absolute atomic E-state index is 13.6. The molecular formula is C23H19F3N4O3. The second kappa shape index (κ2) is 8.81. The molecule has 4 aromatic rings. The van der Waals surface area contributed by atoms with Crippen LogP contribution in [0, 0.1) is 0 Å². The largest absolute Gasteiger partial charge is 0.497 e. The molecule has 0 fully saturated rings. The summed E-state index contributed by atoms with van der Waals surface area (Å²) in [4.78, 5) is 21.8. The highest BCUT2D eigenvalue weighted by atomic mass is 19.4. The third-order valence-electron chi connectivity index (χ3n) is 4.93. The third kappa shape index (κ3) is 4.74. The van der Waals surface area contributed by atoms with Crippen LogP contribution < -0.4 is 20.3 Å². The summed E-state index contributed by atoms with van der Waals surface area (Å²) in [7, 11) is 3.07. The highest BCUT2D eigenvalue weighted by Crippen LogP contribution is 2.28. The first-order valence-electron chi connectivity index (χ1n) is 9.81. The predicted molar refractivity (Wildman–Crippen MR) is 118 cm³/mol. The molecule has 10 heteroatoms. The van der Waals surface area contributed by atoms with Gasteiger partial charge in [0.2, 0.25) is 5.95 Å². The molecule has 2 aromatic carbocycles. The molecule has 33 heavy (non-hydrogen) atoms. The summed E-state index contributed by atoms with van der Waals surface area (Å²) < 4.78 is 49.7. The lowest BCUT2D eigenvalue weighted by Gasteiger charge is -2.14. The fourth-order valence-corrected chi connectivity index (χ4v) is 3.32. The zero-order valence-corrected chi connectivity index (χ0v) is 17.7. The zero-order valence-electron chi connectivity index (χ0n) is 17.7. The van der Waals surface area contributed by atoms with Crippen LogP contribution in [0.5, 0.6) is 11.5 Å². The van der Waals surface area contributed by atoms with E-state index >= 15 is 0 Å². The third-order valence-corrected chi connectivity index (χ3v) is 4.93. The summed E-state index contributed by atoms with van der Waals surface area (Å²) in [5.74, 6) is 1.000. The minimum absolute atomic E-state index is 0.225. The van der Waals surface area contributed by atoms with Crippen LogP contribution >= 0.6 is 0 Å². The number of hydrogen-bond donors (Lipinski definition) is 1. The van der Waals surface area contributed by atoms with Gasteiger partial charge in [-0.25, -0.2) is 9.97 Å². The number of fused-ring (bicyclic) bond motifs is 1. The van der Waals surface area contributed by atoms with Gasteiger partial charge >= 0.3 is 6.18 Å². The molecule has 0 unspecified atom stereocenters. The van der Waals surface area contributed by atoms with Crippen molar-refractivity contribution < 1.29 is 22.6 Å². The molecule has 0 saturated carbocycles. The average Bonchev–Trinajstić information content (AvgIpc) is 2.82. The van der Waals surface area contributed by atoms with Gasteiger partial charge in [-0.1, -0.05) is 12.1 Å². The number of benzene rings is 2. The molecule has 2 heterocycles. The maximum Gasteiger partial charge on any atom is 0.405 e. The molecule has 0 aliphatic carbocycles. The van der Waals surface area contributed by atoms with Crippen LogP contribution in [-0.2, 0) is 0 Å². The van der Waals surface area contributed by atoms with Gasteiger partial charge in [-0.05, 0) is 42.0 Å². The van der Waals surface area contributed by atoms with Gasteiger partial charge in [-0.3, -0.25) is 9.36 Å². The minimum Gasteiger partial charge on any atom is -0.497 e. The average molecular weight is 456 g/mol. The summed E-state index contributed by atoms with van der Waals surface area (Å²) in [5, 5.41) is 2.64. The van der Waals surface area contributed by atoms with E-state index in [9.17, 15) is 18.0 Å². The van der Waals surface area contributed by atoms with E-state index in [4.69, 9.17) is 9.47 Å². The molecule has 0 saturated heterocycles. The van der Waals surface area contributed by atoms with Crippen molar-refractivity contribution in [2.45, 2.75) is 6.18 Å². The SMILES string of the molecule is COc1ccc(-c2c(=O)n(-c3ccc(OC)cc3)cc3cnc(NCC(F)(F)F)nc23)cc1. The van der Waals surface area contributed by atoms with Crippen LogP contribution in [0.3, 0.4) is 0 Å². The van der Waals surface area contributed by atoms with Gasteiger partial charge in [0.15, 0.2) is 0 Å². The number of hydrogen-bond acceptors (Lipinski definition) is 6. The molecule has 0 atom stereocenters. The number of nitrogens with one attached hydrogen (secondary N) is 1. The van der Waals surface area contributed by atoms with Crippen molar-refractivity contribution in [3.05, 3.63) is 71.3 Å². The fraction of sp³-hybridized carbons (Fsp3) is 0.174. The van der Waals surface area contributed by atoms with E-state index < -0.39 is 18.3 Å². The number of pyridine rings is 1. The molecule has 7 nitrogen and oxygen atoms in total. The van der Waals surface area contributed by atoms with E-state index in [-0.39, 0.29) is 17.0 Å². The summed E-state index contributed by atoms with van der Waals surface area (Å²) in [5.41, 5.74) is 1.18. The van der Waals surface area contributed by atoms with Crippen LogP contribution in [0.2, 0.25) is 0 Å². The fourth-order valence-electron chi connectivity index (χ4n) is 3.32. The Morgan fingerprint density at radius 3 is 2.15 bits per heavy atom. The first-order chi connectivity index (χ1) is 15.8. The number of rotatable bonds is 6. The standard InChI is InChI=1S/C23H19F3N4O3/c1-32-17-7-3-14(4-8-17)19-20-15(11-27-22(29-20)28-13-23(24,25)26)12-30(21(19)31)16-5-9-18(33-2)10-6-16/h3-12H,13H2,1-2H3,(H,28,29). The first kappa shape index (κ1) is 22.1. The monoisotopic (exact) mass is 456 g/mol. The van der Waals surface area contributed by atoms with Crippen molar-refractivity contribution >= 4 is 16.9 Å². The molecule has 1 N–H and O–H groups in total. The Morgan fingerprint density at radius 2 is 1.58 bits per heavy atom. The van der Waals surface area contributed by atoms with Gasteiger partial charge in [-0.2, -0.15) is 13.2 Å². The number of alkyl halides is 3. The number of halogens is 3. The number of aromatic nitrogens is 3. The molecule has 170 valence electrons. The Morgan fingerprint density at radius 1 is 0.970 bits per heavy atom. The Kier molecular flexibility index (Phi) is 5.91. The number of ether oxygens (including phenoxy) is 2. The first-order valence-corrected chi connectivity index (χ1v) is 9.81. The van der Waals surface area contributed by atoms with Crippen LogP contribution in [0.1, 0.15) is 0 Å². The molecular weight excluding hydrogens is 437 g/mol. The lowest BCUT2D eigenvalue weighted by Crippen LogP contribution is -2.23. The summed E-state index contributed by atoms with van der Waals surface area (Å²) in [6.07, 6.45) is -1.50. The summed E-state index contributed by atoms with van der Waals surface area (Å²) in [6.45, 7) is -1.29. The smallest absolute Gasteiger partial charge is 0.405 e. The lowest BCUT2D eigenvalue weighted by molar-refractivity contribution is -0.115. The van der Waals surface area contributed by atoms with E-state index in [0.717, 1.165) is 0 Å². The Hall–Kier alpha value is -4.08. The second-order valence-corrected chi connectivity index (χ2v) is 7.07. The molecule has 0 spiro atoms. The van der Waals surface area contributed by atoms with E-state index in [0.29, 0.717) is 28.1 Å². The number of methoxy groups -OCH3 is 2. The molecule has 0 amide bonds. The lowest BCUT2D eigenvalue weighted by atomic mass is 10.0. The topological polar surface area (TPSA) is 78.3 Å². The van der Waals surface area contributed by atoms with Gasteiger partial charge in [0, 0.05) is 23.5 Å². The summed E-state index contributed by atoms with van der Waals surface area (Å²) >= 11 is 0. The van der Waals surface area contributed by atoms with Crippen LogP contribution in [0.4, 0.5) is 19.1 Å². The van der Waals surface area contributed by atoms with Gasteiger partial charge in [0.25, 0.3) is 5.56 Å². The molecule has 2 aromatic heterocycles. The molecule has 0 aliphatic rings. The van der Waals surface area contributed by atoms with Gasteiger partial charge < -0.3 is 14.8 Å². The molecule has 0 aliphatic heterocycles. The quantitative estimate of drug-likeness (QED) is 0.462. The van der Waals surface area contributed by atoms with Crippen molar-refractivity contribution in [3.63, 3.8) is 0 Å². The van der Waals surface area contributed by atoms with E-state index in [1.54, 1.807) is 61.8 Å². The van der Waals surface area contributed by atoms with E-state index in [2.05, 4.69) is 15.3 Å².